The number of para-hydroxylation sites is 2. The van der Waals surface area contributed by atoms with Gasteiger partial charge in [-0.2, -0.15) is 5.10 Å². The fraction of sp³-hybridized carbons (Fsp3) is 0.158. The summed E-state index contributed by atoms with van der Waals surface area (Å²) in [6, 6.07) is 14.5. The summed E-state index contributed by atoms with van der Waals surface area (Å²) in [5.41, 5.74) is 5.62. The lowest BCUT2D eigenvalue weighted by molar-refractivity contribution is -0.121. The van der Waals surface area contributed by atoms with Gasteiger partial charge in [0.15, 0.2) is 0 Å². The zero-order valence-corrected chi connectivity index (χ0v) is 14.3. The van der Waals surface area contributed by atoms with Gasteiger partial charge in [0.2, 0.25) is 5.91 Å². The number of methoxy groups -OCH3 is 1. The van der Waals surface area contributed by atoms with Crippen LogP contribution in [0.1, 0.15) is 22.3 Å². The Bertz CT molecular complexity index is 945. The molecule has 132 valence electrons. The van der Waals surface area contributed by atoms with Crippen LogP contribution >= 0.6 is 0 Å². The summed E-state index contributed by atoms with van der Waals surface area (Å²) in [6.07, 6.45) is 3.54. The maximum Gasteiger partial charge on any atom is 0.337 e. The van der Waals surface area contributed by atoms with E-state index in [1.54, 1.807) is 30.6 Å². The van der Waals surface area contributed by atoms with Crippen LogP contribution in [-0.2, 0) is 16.1 Å². The topological polar surface area (TPSA) is 85.6 Å². The highest BCUT2D eigenvalue weighted by atomic mass is 16.5. The zero-order chi connectivity index (χ0) is 18.4. The number of amides is 1. The minimum atomic E-state index is -0.395. The number of rotatable bonds is 6. The van der Waals surface area contributed by atoms with Gasteiger partial charge in [0.05, 0.1) is 36.2 Å². The van der Waals surface area contributed by atoms with Gasteiger partial charge >= 0.3 is 5.97 Å². The van der Waals surface area contributed by atoms with E-state index in [1.165, 1.54) is 13.3 Å². The van der Waals surface area contributed by atoms with Crippen molar-refractivity contribution in [2.24, 2.45) is 5.10 Å². The summed E-state index contributed by atoms with van der Waals surface area (Å²) in [4.78, 5) is 27.6. The molecule has 0 fully saturated rings. The number of carbonyl (C=O) groups is 2. The van der Waals surface area contributed by atoms with E-state index in [9.17, 15) is 9.59 Å². The van der Waals surface area contributed by atoms with Crippen LogP contribution in [0.3, 0.4) is 0 Å². The SMILES string of the molecule is COC(=O)c1ccc(/C=N/NC(=O)CCn2cnc3ccccc32)cc1. The van der Waals surface area contributed by atoms with E-state index in [2.05, 4.69) is 20.2 Å². The average molecular weight is 350 g/mol. The summed E-state index contributed by atoms with van der Waals surface area (Å²) in [7, 11) is 1.33. The summed E-state index contributed by atoms with van der Waals surface area (Å²) in [5, 5.41) is 3.93. The number of imidazole rings is 1. The molecule has 3 aromatic rings. The predicted octanol–water partition coefficient (Wildman–Crippen LogP) is 2.36. The molecule has 1 N–H and O–H groups in total. The maximum atomic E-state index is 11.9. The first-order valence-electron chi connectivity index (χ1n) is 8.07. The highest BCUT2D eigenvalue weighted by molar-refractivity contribution is 5.90. The van der Waals surface area contributed by atoms with E-state index < -0.39 is 5.97 Å². The van der Waals surface area contributed by atoms with E-state index in [4.69, 9.17) is 0 Å². The molecule has 0 atom stereocenters. The van der Waals surface area contributed by atoms with Gasteiger partial charge < -0.3 is 9.30 Å². The number of carbonyl (C=O) groups excluding carboxylic acids is 2. The first-order valence-corrected chi connectivity index (χ1v) is 8.07. The molecule has 0 aliphatic heterocycles. The summed E-state index contributed by atoms with van der Waals surface area (Å²) in [5.74, 6) is -0.584. The van der Waals surface area contributed by atoms with E-state index in [-0.39, 0.29) is 5.91 Å². The minimum absolute atomic E-state index is 0.190. The van der Waals surface area contributed by atoms with Gasteiger partial charge in [0.1, 0.15) is 0 Å². The molecule has 1 aromatic heterocycles. The molecule has 0 spiro atoms. The molecule has 0 bridgehead atoms. The smallest absolute Gasteiger partial charge is 0.337 e. The van der Waals surface area contributed by atoms with Gasteiger partial charge in [-0.25, -0.2) is 15.2 Å². The van der Waals surface area contributed by atoms with Gasteiger partial charge in [-0.1, -0.05) is 24.3 Å². The number of esters is 1. The fourth-order valence-electron chi connectivity index (χ4n) is 2.47. The van der Waals surface area contributed by atoms with E-state index >= 15 is 0 Å². The fourth-order valence-corrected chi connectivity index (χ4v) is 2.47. The van der Waals surface area contributed by atoms with Crippen LogP contribution in [0.25, 0.3) is 11.0 Å². The molecular weight excluding hydrogens is 332 g/mol. The van der Waals surface area contributed by atoms with Crippen molar-refractivity contribution in [2.45, 2.75) is 13.0 Å². The number of nitrogens with one attached hydrogen (secondary N) is 1. The average Bonchev–Trinajstić information content (AvgIpc) is 3.09. The summed E-state index contributed by atoms with van der Waals surface area (Å²) >= 11 is 0. The Balaban J connectivity index is 1.50. The van der Waals surface area contributed by atoms with Gasteiger partial charge in [-0.05, 0) is 29.8 Å². The lowest BCUT2D eigenvalue weighted by Gasteiger charge is -2.03. The van der Waals surface area contributed by atoms with Crippen molar-refractivity contribution in [1.29, 1.82) is 0 Å². The van der Waals surface area contributed by atoms with Crippen LogP contribution in [0.15, 0.2) is 60.0 Å². The number of fused-ring (bicyclic) bond motifs is 1. The van der Waals surface area contributed by atoms with Crippen LogP contribution in [0, 0.1) is 0 Å². The Kier molecular flexibility index (Phi) is 5.38. The molecule has 1 heterocycles. The monoisotopic (exact) mass is 350 g/mol. The number of aromatic nitrogens is 2. The molecule has 0 unspecified atom stereocenters. The molecule has 0 saturated carbocycles. The third kappa shape index (κ3) is 4.13. The molecule has 26 heavy (non-hydrogen) atoms. The Morgan fingerprint density at radius 3 is 2.73 bits per heavy atom. The normalized spacial score (nSPS) is 11.0. The molecule has 0 aliphatic rings. The standard InChI is InChI=1S/C19H18N4O3/c1-26-19(25)15-8-6-14(7-9-15)12-21-22-18(24)10-11-23-13-20-16-4-2-3-5-17(16)23/h2-9,12-13H,10-11H2,1H3,(H,22,24)/b21-12+. The van der Waals surface area contributed by atoms with Crippen LogP contribution in [-0.4, -0.2) is 34.8 Å². The Hall–Kier alpha value is -3.48. The van der Waals surface area contributed by atoms with Crippen molar-refractivity contribution in [3.05, 3.63) is 66.0 Å². The molecular formula is C19H18N4O3. The molecule has 1 amide bonds. The van der Waals surface area contributed by atoms with Crippen molar-refractivity contribution >= 4 is 29.1 Å². The van der Waals surface area contributed by atoms with Crippen molar-refractivity contribution in [3.63, 3.8) is 0 Å². The van der Waals surface area contributed by atoms with Crippen molar-refractivity contribution < 1.29 is 14.3 Å². The number of hydrogen-bond acceptors (Lipinski definition) is 5. The second-order valence-electron chi connectivity index (χ2n) is 5.58. The minimum Gasteiger partial charge on any atom is -0.465 e. The molecule has 7 nitrogen and oxygen atoms in total. The second-order valence-corrected chi connectivity index (χ2v) is 5.58. The Labute approximate surface area is 150 Å². The highest BCUT2D eigenvalue weighted by Gasteiger charge is 2.05. The summed E-state index contributed by atoms with van der Waals surface area (Å²) < 4.78 is 6.57. The molecule has 2 aromatic carbocycles. The van der Waals surface area contributed by atoms with Gasteiger partial charge in [-0.3, -0.25) is 4.79 Å². The van der Waals surface area contributed by atoms with Crippen molar-refractivity contribution in [2.75, 3.05) is 7.11 Å². The number of ether oxygens (including phenoxy) is 1. The van der Waals surface area contributed by atoms with Crippen LogP contribution in [0.4, 0.5) is 0 Å². The Morgan fingerprint density at radius 1 is 1.19 bits per heavy atom. The second kappa shape index (κ2) is 8.06. The molecule has 0 saturated heterocycles. The van der Waals surface area contributed by atoms with Crippen LogP contribution in [0.5, 0.6) is 0 Å². The predicted molar refractivity (Wildman–Crippen MR) is 97.9 cm³/mol. The lowest BCUT2D eigenvalue weighted by Crippen LogP contribution is -2.19. The van der Waals surface area contributed by atoms with E-state index in [1.807, 2.05) is 28.8 Å². The summed E-state index contributed by atoms with van der Waals surface area (Å²) in [6.45, 7) is 0.524. The number of nitrogens with zero attached hydrogens (tertiary/aromatic N) is 3. The van der Waals surface area contributed by atoms with E-state index in [0.717, 1.165) is 16.6 Å². The highest BCUT2D eigenvalue weighted by Crippen LogP contribution is 2.12. The largest absolute Gasteiger partial charge is 0.465 e. The molecule has 0 aliphatic carbocycles. The molecule has 0 radical (unpaired) electrons. The van der Waals surface area contributed by atoms with Crippen LogP contribution < -0.4 is 5.43 Å². The lowest BCUT2D eigenvalue weighted by atomic mass is 10.1. The number of aryl methyl sites for hydroxylation is 1. The maximum absolute atomic E-state index is 11.9. The van der Waals surface area contributed by atoms with Crippen molar-refractivity contribution in [1.82, 2.24) is 15.0 Å². The first kappa shape index (κ1) is 17.3. The first-order chi connectivity index (χ1) is 12.7. The van der Waals surface area contributed by atoms with Crippen molar-refractivity contribution in [3.8, 4) is 0 Å². The van der Waals surface area contributed by atoms with Gasteiger partial charge in [0.25, 0.3) is 0 Å². The quantitative estimate of drug-likeness (QED) is 0.420. The number of hydrazone groups is 1. The zero-order valence-electron chi connectivity index (χ0n) is 14.3. The number of benzene rings is 2. The van der Waals surface area contributed by atoms with Crippen LogP contribution in [0.2, 0.25) is 0 Å². The van der Waals surface area contributed by atoms with E-state index in [0.29, 0.717) is 18.5 Å². The molecule has 7 heteroatoms. The third-order valence-electron chi connectivity index (χ3n) is 3.84. The third-order valence-corrected chi connectivity index (χ3v) is 3.84. The molecule has 3 rings (SSSR count). The number of hydrogen-bond donors (Lipinski definition) is 1. The van der Waals surface area contributed by atoms with Gasteiger partial charge in [-0.15, -0.1) is 0 Å². The van der Waals surface area contributed by atoms with Gasteiger partial charge in [0, 0.05) is 13.0 Å². The Morgan fingerprint density at radius 2 is 1.96 bits per heavy atom.